The van der Waals surface area contributed by atoms with E-state index in [0.29, 0.717) is 23.5 Å². The fourth-order valence-electron chi connectivity index (χ4n) is 2.35. The minimum atomic E-state index is -0.423. The summed E-state index contributed by atoms with van der Waals surface area (Å²) in [4.78, 5) is 10.6. The first-order valence-corrected chi connectivity index (χ1v) is 6.11. The Kier molecular flexibility index (Phi) is 3.77. The molecule has 2 rings (SSSR count). The van der Waals surface area contributed by atoms with E-state index < -0.39 is 5.82 Å². The van der Waals surface area contributed by atoms with Crippen LogP contribution in [0.2, 0.25) is 0 Å². The van der Waals surface area contributed by atoms with Gasteiger partial charge in [-0.25, -0.2) is 4.39 Å². The molecule has 1 aromatic rings. The number of aldehydes is 1. The molecular weight excluding hydrogens is 219 g/mol. The lowest BCUT2D eigenvalue weighted by Crippen LogP contribution is -2.28. The van der Waals surface area contributed by atoms with Gasteiger partial charge in [-0.3, -0.25) is 4.79 Å². The summed E-state index contributed by atoms with van der Waals surface area (Å²) in [5, 5.41) is 0. The summed E-state index contributed by atoms with van der Waals surface area (Å²) in [6.45, 7) is 2.16. The summed E-state index contributed by atoms with van der Waals surface area (Å²) in [5.74, 6) is 0.533. The Morgan fingerprint density at radius 1 is 1.29 bits per heavy atom. The average Bonchev–Trinajstić information content (AvgIpc) is 2.31. The molecule has 0 saturated heterocycles. The lowest BCUT2D eigenvalue weighted by molar-refractivity contribution is 0.102. The second-order valence-corrected chi connectivity index (χ2v) is 4.76. The lowest BCUT2D eigenvalue weighted by atomic mass is 9.88. The zero-order valence-electron chi connectivity index (χ0n) is 9.99. The molecule has 0 aromatic heterocycles. The largest absolute Gasteiger partial charge is 0.490 e. The molecular formula is C14H17FO2. The first kappa shape index (κ1) is 12.1. The normalized spacial score (nSPS) is 24.4. The Labute approximate surface area is 101 Å². The Balaban J connectivity index is 2.11. The number of hydrogen-bond acceptors (Lipinski definition) is 2. The van der Waals surface area contributed by atoms with Crippen molar-refractivity contribution >= 4 is 6.29 Å². The molecule has 2 atom stereocenters. The molecule has 0 heterocycles. The van der Waals surface area contributed by atoms with Crippen molar-refractivity contribution in [2.45, 2.75) is 38.7 Å². The van der Waals surface area contributed by atoms with E-state index >= 15 is 0 Å². The Bertz CT molecular complexity index is 403. The highest BCUT2D eigenvalue weighted by Gasteiger charge is 2.23. The molecule has 1 saturated carbocycles. The van der Waals surface area contributed by atoms with Crippen molar-refractivity contribution in [3.05, 3.63) is 29.6 Å². The Morgan fingerprint density at radius 2 is 2.06 bits per heavy atom. The van der Waals surface area contributed by atoms with Gasteiger partial charge in [-0.15, -0.1) is 0 Å². The average molecular weight is 236 g/mol. The van der Waals surface area contributed by atoms with Gasteiger partial charge in [-0.05, 0) is 37.3 Å². The van der Waals surface area contributed by atoms with E-state index in [1.54, 1.807) is 6.07 Å². The maximum atomic E-state index is 13.2. The predicted octanol–water partition coefficient (Wildman–Crippen LogP) is 3.60. The third-order valence-electron chi connectivity index (χ3n) is 3.35. The number of carbonyl (C=O) groups is 1. The summed E-state index contributed by atoms with van der Waals surface area (Å²) in [6.07, 6.45) is 5.34. The maximum absolute atomic E-state index is 13.2. The summed E-state index contributed by atoms with van der Waals surface area (Å²) in [6, 6.07) is 4.15. The SMILES string of the molecule is CC1CCCCC1Oc1cc(F)cc(C=O)c1. The molecule has 1 aliphatic carbocycles. The smallest absolute Gasteiger partial charge is 0.150 e. The molecule has 1 fully saturated rings. The van der Waals surface area contributed by atoms with Gasteiger partial charge in [0.1, 0.15) is 24.0 Å². The van der Waals surface area contributed by atoms with Crippen molar-refractivity contribution < 1.29 is 13.9 Å². The van der Waals surface area contributed by atoms with Gasteiger partial charge in [0.05, 0.1) is 0 Å². The number of ether oxygens (including phenoxy) is 1. The minimum absolute atomic E-state index is 0.144. The van der Waals surface area contributed by atoms with Crippen LogP contribution in [0.25, 0.3) is 0 Å². The van der Waals surface area contributed by atoms with Crippen molar-refractivity contribution in [2.75, 3.05) is 0 Å². The Morgan fingerprint density at radius 3 is 2.76 bits per heavy atom. The number of benzene rings is 1. The van der Waals surface area contributed by atoms with E-state index in [1.165, 1.54) is 18.6 Å². The van der Waals surface area contributed by atoms with Gasteiger partial charge in [-0.2, -0.15) is 0 Å². The van der Waals surface area contributed by atoms with Gasteiger partial charge in [0.25, 0.3) is 0 Å². The van der Waals surface area contributed by atoms with Crippen LogP contribution in [0.5, 0.6) is 5.75 Å². The number of carbonyl (C=O) groups excluding carboxylic acids is 1. The van der Waals surface area contributed by atoms with Crippen molar-refractivity contribution in [1.29, 1.82) is 0 Å². The molecule has 0 bridgehead atoms. The van der Waals surface area contributed by atoms with E-state index in [1.807, 2.05) is 0 Å². The highest BCUT2D eigenvalue weighted by Crippen LogP contribution is 2.28. The first-order valence-electron chi connectivity index (χ1n) is 6.11. The summed E-state index contributed by atoms with van der Waals surface area (Å²) in [7, 11) is 0. The molecule has 0 spiro atoms. The second-order valence-electron chi connectivity index (χ2n) is 4.76. The van der Waals surface area contributed by atoms with Crippen molar-refractivity contribution in [2.24, 2.45) is 5.92 Å². The van der Waals surface area contributed by atoms with E-state index in [0.717, 1.165) is 19.3 Å². The molecule has 17 heavy (non-hydrogen) atoms. The molecule has 2 unspecified atom stereocenters. The zero-order chi connectivity index (χ0) is 12.3. The quantitative estimate of drug-likeness (QED) is 0.749. The third kappa shape index (κ3) is 3.05. The molecule has 2 nitrogen and oxygen atoms in total. The van der Waals surface area contributed by atoms with E-state index in [-0.39, 0.29) is 6.10 Å². The van der Waals surface area contributed by atoms with Gasteiger partial charge in [0.2, 0.25) is 0 Å². The standard InChI is InChI=1S/C14H17FO2/c1-10-4-2-3-5-14(10)17-13-7-11(9-16)6-12(15)8-13/h6-10,14H,2-5H2,1H3. The predicted molar refractivity (Wildman–Crippen MR) is 63.8 cm³/mol. The highest BCUT2D eigenvalue weighted by molar-refractivity contribution is 5.75. The third-order valence-corrected chi connectivity index (χ3v) is 3.35. The fourth-order valence-corrected chi connectivity index (χ4v) is 2.35. The van der Waals surface area contributed by atoms with Crippen LogP contribution in [0.1, 0.15) is 43.0 Å². The van der Waals surface area contributed by atoms with Crippen LogP contribution in [-0.4, -0.2) is 12.4 Å². The highest BCUT2D eigenvalue weighted by atomic mass is 19.1. The molecule has 1 aromatic carbocycles. The van der Waals surface area contributed by atoms with Gasteiger partial charge in [0, 0.05) is 11.6 Å². The monoisotopic (exact) mass is 236 g/mol. The number of hydrogen-bond donors (Lipinski definition) is 0. The van der Waals surface area contributed by atoms with Crippen LogP contribution in [0.15, 0.2) is 18.2 Å². The molecule has 0 N–H and O–H groups in total. The molecule has 0 aliphatic heterocycles. The van der Waals surface area contributed by atoms with Crippen LogP contribution < -0.4 is 4.74 Å². The summed E-state index contributed by atoms with van der Waals surface area (Å²) >= 11 is 0. The molecule has 0 radical (unpaired) electrons. The maximum Gasteiger partial charge on any atom is 0.150 e. The zero-order valence-corrected chi connectivity index (χ0v) is 9.99. The van der Waals surface area contributed by atoms with Crippen molar-refractivity contribution in [3.8, 4) is 5.75 Å². The molecule has 0 amide bonds. The second kappa shape index (κ2) is 5.30. The van der Waals surface area contributed by atoms with Gasteiger partial charge in [-0.1, -0.05) is 13.3 Å². The summed E-state index contributed by atoms with van der Waals surface area (Å²) in [5.41, 5.74) is 0.323. The van der Waals surface area contributed by atoms with Crippen LogP contribution in [0, 0.1) is 11.7 Å². The van der Waals surface area contributed by atoms with Crippen LogP contribution in [0.4, 0.5) is 4.39 Å². The topological polar surface area (TPSA) is 26.3 Å². The molecule has 92 valence electrons. The van der Waals surface area contributed by atoms with E-state index in [2.05, 4.69) is 6.92 Å². The Hall–Kier alpha value is -1.38. The van der Waals surface area contributed by atoms with Crippen LogP contribution >= 0.6 is 0 Å². The lowest BCUT2D eigenvalue weighted by Gasteiger charge is -2.29. The van der Waals surface area contributed by atoms with Crippen molar-refractivity contribution in [1.82, 2.24) is 0 Å². The fraction of sp³-hybridized carbons (Fsp3) is 0.500. The summed E-state index contributed by atoms with van der Waals surface area (Å²) < 4.78 is 19.0. The first-order chi connectivity index (χ1) is 8.19. The number of rotatable bonds is 3. The van der Waals surface area contributed by atoms with Crippen molar-refractivity contribution in [3.63, 3.8) is 0 Å². The molecule has 1 aliphatic rings. The van der Waals surface area contributed by atoms with Gasteiger partial charge < -0.3 is 4.74 Å². The molecule has 3 heteroatoms. The van der Waals surface area contributed by atoms with Gasteiger partial charge >= 0.3 is 0 Å². The van der Waals surface area contributed by atoms with Gasteiger partial charge in [0.15, 0.2) is 0 Å². The van der Waals surface area contributed by atoms with E-state index in [4.69, 9.17) is 4.74 Å². The number of halogens is 1. The van der Waals surface area contributed by atoms with Crippen LogP contribution in [0.3, 0.4) is 0 Å². The minimum Gasteiger partial charge on any atom is -0.490 e. The van der Waals surface area contributed by atoms with Crippen LogP contribution in [-0.2, 0) is 0 Å². The van der Waals surface area contributed by atoms with E-state index in [9.17, 15) is 9.18 Å².